The number of hydrogen-bond acceptors (Lipinski definition) is 6. The quantitative estimate of drug-likeness (QED) is 0.467. The third kappa shape index (κ3) is 6.22. The number of anilines is 2. The van der Waals surface area contributed by atoms with Gasteiger partial charge in [-0.15, -0.1) is 11.3 Å². The molecule has 0 unspecified atom stereocenters. The van der Waals surface area contributed by atoms with Crippen molar-refractivity contribution in [3.63, 3.8) is 0 Å². The monoisotopic (exact) mass is 499 g/mol. The molecule has 1 saturated heterocycles. The Labute approximate surface area is 202 Å². The molecule has 0 bridgehead atoms. The van der Waals surface area contributed by atoms with E-state index in [9.17, 15) is 18.0 Å². The Bertz CT molecular complexity index is 1250. The van der Waals surface area contributed by atoms with Gasteiger partial charge in [-0.1, -0.05) is 24.3 Å². The first kappa shape index (κ1) is 23.9. The van der Waals surface area contributed by atoms with Gasteiger partial charge < -0.3 is 15.4 Å². The molecule has 3 aromatic rings. The van der Waals surface area contributed by atoms with Crippen molar-refractivity contribution in [2.75, 3.05) is 30.3 Å². The molecule has 34 heavy (non-hydrogen) atoms. The number of rotatable bonds is 9. The Morgan fingerprint density at radius 1 is 0.882 bits per heavy atom. The van der Waals surface area contributed by atoms with Gasteiger partial charge in [-0.2, -0.15) is 4.31 Å². The maximum absolute atomic E-state index is 12.7. The topological polar surface area (TPSA) is 105 Å². The minimum Gasteiger partial charge on any atom is -0.484 e. The molecule has 2 aromatic carbocycles. The summed E-state index contributed by atoms with van der Waals surface area (Å²) < 4.78 is 32.6. The molecular weight excluding hydrogens is 474 g/mol. The second-order valence-corrected chi connectivity index (χ2v) is 11.1. The highest BCUT2D eigenvalue weighted by Crippen LogP contribution is 2.28. The van der Waals surface area contributed by atoms with Crippen molar-refractivity contribution in [2.45, 2.75) is 23.5 Å². The summed E-state index contributed by atoms with van der Waals surface area (Å²) in [5.74, 6) is -0.125. The van der Waals surface area contributed by atoms with E-state index < -0.39 is 10.0 Å². The van der Waals surface area contributed by atoms with Crippen LogP contribution in [0.15, 0.2) is 70.9 Å². The number of nitrogens with zero attached hydrogens (tertiary/aromatic N) is 1. The lowest BCUT2D eigenvalue weighted by Crippen LogP contribution is -2.27. The van der Waals surface area contributed by atoms with Crippen LogP contribution in [0.25, 0.3) is 0 Å². The maximum atomic E-state index is 12.7. The zero-order valence-corrected chi connectivity index (χ0v) is 20.0. The Hall–Kier alpha value is -3.21. The molecule has 8 nitrogen and oxygen atoms in total. The third-order valence-electron chi connectivity index (χ3n) is 5.18. The van der Waals surface area contributed by atoms with E-state index in [0.29, 0.717) is 35.1 Å². The molecule has 1 aromatic heterocycles. The van der Waals surface area contributed by atoms with Gasteiger partial charge in [0.2, 0.25) is 5.91 Å². The number of thiophene rings is 1. The van der Waals surface area contributed by atoms with E-state index in [4.69, 9.17) is 4.74 Å². The van der Waals surface area contributed by atoms with E-state index >= 15 is 0 Å². The summed E-state index contributed by atoms with van der Waals surface area (Å²) in [4.78, 5) is 25.2. The van der Waals surface area contributed by atoms with Crippen molar-refractivity contribution in [3.05, 3.63) is 71.6 Å². The molecule has 0 atom stereocenters. The largest absolute Gasteiger partial charge is 0.484 e. The molecule has 0 aliphatic carbocycles. The third-order valence-corrected chi connectivity index (χ3v) is 8.63. The van der Waals surface area contributed by atoms with Crippen molar-refractivity contribution in [1.82, 2.24) is 4.31 Å². The van der Waals surface area contributed by atoms with Crippen molar-refractivity contribution in [3.8, 4) is 5.75 Å². The van der Waals surface area contributed by atoms with Gasteiger partial charge in [0.05, 0.1) is 6.42 Å². The Morgan fingerprint density at radius 2 is 1.59 bits per heavy atom. The number of nitrogens with one attached hydrogen (secondary N) is 2. The summed E-state index contributed by atoms with van der Waals surface area (Å²) in [5.41, 5.74) is 1.20. The van der Waals surface area contributed by atoms with E-state index in [1.165, 1.54) is 4.31 Å². The zero-order valence-electron chi connectivity index (χ0n) is 18.4. The van der Waals surface area contributed by atoms with Crippen LogP contribution >= 0.6 is 11.3 Å². The molecule has 2 heterocycles. The summed E-state index contributed by atoms with van der Waals surface area (Å²) in [6.45, 7) is 0.917. The van der Waals surface area contributed by atoms with Crippen LogP contribution in [0.4, 0.5) is 11.4 Å². The molecule has 2 N–H and O–H groups in total. The molecule has 1 aliphatic rings. The SMILES string of the molecule is O=C(COc1cccc(NC(=O)Cc2ccc(S(=O)(=O)N3CCCC3)s2)c1)Nc1ccccc1. The van der Waals surface area contributed by atoms with Crippen LogP contribution in [0.3, 0.4) is 0 Å². The molecule has 10 heteroatoms. The molecule has 1 fully saturated rings. The molecule has 0 radical (unpaired) electrons. The normalized spacial score (nSPS) is 14.0. The average Bonchev–Trinajstić information content (AvgIpc) is 3.52. The summed E-state index contributed by atoms with van der Waals surface area (Å²) in [6.07, 6.45) is 1.81. The van der Waals surface area contributed by atoms with Crippen LogP contribution in [-0.4, -0.2) is 44.2 Å². The summed E-state index contributed by atoms with van der Waals surface area (Å²) >= 11 is 1.12. The van der Waals surface area contributed by atoms with Gasteiger partial charge in [-0.05, 0) is 49.2 Å². The summed E-state index contributed by atoms with van der Waals surface area (Å²) in [7, 11) is -3.48. The fourth-order valence-corrected chi connectivity index (χ4v) is 6.57. The lowest BCUT2D eigenvalue weighted by molar-refractivity contribution is -0.118. The van der Waals surface area contributed by atoms with Gasteiger partial charge in [0.15, 0.2) is 6.61 Å². The molecule has 0 spiro atoms. The van der Waals surface area contributed by atoms with Crippen molar-refractivity contribution in [1.29, 1.82) is 0 Å². The van der Waals surface area contributed by atoms with Crippen molar-refractivity contribution in [2.24, 2.45) is 0 Å². The van der Waals surface area contributed by atoms with Crippen molar-refractivity contribution >= 4 is 44.5 Å². The first-order chi connectivity index (χ1) is 16.4. The lowest BCUT2D eigenvalue weighted by Gasteiger charge is -2.13. The van der Waals surface area contributed by atoms with Gasteiger partial charge in [0.25, 0.3) is 15.9 Å². The van der Waals surface area contributed by atoms with Crippen LogP contribution in [0.5, 0.6) is 5.75 Å². The van der Waals surface area contributed by atoms with Crippen molar-refractivity contribution < 1.29 is 22.7 Å². The maximum Gasteiger partial charge on any atom is 0.262 e. The minimum absolute atomic E-state index is 0.0603. The Morgan fingerprint density at radius 3 is 2.35 bits per heavy atom. The van der Waals surface area contributed by atoms with E-state index in [1.54, 1.807) is 48.5 Å². The van der Waals surface area contributed by atoms with Crippen LogP contribution in [0, 0.1) is 0 Å². The van der Waals surface area contributed by atoms with Gasteiger partial charge in [-0.25, -0.2) is 8.42 Å². The number of benzene rings is 2. The van der Waals surface area contributed by atoms with E-state index in [2.05, 4.69) is 10.6 Å². The fourth-order valence-electron chi connectivity index (χ4n) is 3.54. The predicted octanol–water partition coefficient (Wildman–Crippen LogP) is 3.73. The smallest absolute Gasteiger partial charge is 0.262 e. The zero-order chi connectivity index (χ0) is 24.0. The summed E-state index contributed by atoms with van der Waals surface area (Å²) in [6, 6.07) is 19.1. The average molecular weight is 500 g/mol. The fraction of sp³-hybridized carbons (Fsp3) is 0.250. The molecule has 178 valence electrons. The van der Waals surface area contributed by atoms with Gasteiger partial charge in [0.1, 0.15) is 9.96 Å². The van der Waals surface area contributed by atoms with E-state index in [-0.39, 0.29) is 29.1 Å². The second kappa shape index (κ2) is 10.8. The highest BCUT2D eigenvalue weighted by molar-refractivity contribution is 7.91. The van der Waals surface area contributed by atoms with Crippen LogP contribution in [0.1, 0.15) is 17.7 Å². The molecular formula is C24H25N3O5S2. The van der Waals surface area contributed by atoms with E-state index in [0.717, 1.165) is 24.2 Å². The first-order valence-corrected chi connectivity index (χ1v) is 13.1. The lowest BCUT2D eigenvalue weighted by atomic mass is 10.2. The minimum atomic E-state index is -3.48. The van der Waals surface area contributed by atoms with Crippen LogP contribution in [-0.2, 0) is 26.0 Å². The van der Waals surface area contributed by atoms with Crippen LogP contribution < -0.4 is 15.4 Å². The van der Waals surface area contributed by atoms with Gasteiger partial charge in [0, 0.05) is 35.4 Å². The first-order valence-electron chi connectivity index (χ1n) is 10.9. The van der Waals surface area contributed by atoms with E-state index in [1.807, 2.05) is 18.2 Å². The highest BCUT2D eigenvalue weighted by Gasteiger charge is 2.28. The predicted molar refractivity (Wildman–Crippen MR) is 132 cm³/mol. The number of hydrogen-bond donors (Lipinski definition) is 2. The molecule has 0 saturated carbocycles. The molecule has 2 amide bonds. The highest BCUT2D eigenvalue weighted by atomic mass is 32.2. The number of ether oxygens (including phenoxy) is 1. The Kier molecular flexibility index (Phi) is 7.61. The summed E-state index contributed by atoms with van der Waals surface area (Å²) in [5, 5.41) is 5.53. The van der Waals surface area contributed by atoms with Gasteiger partial charge >= 0.3 is 0 Å². The van der Waals surface area contributed by atoms with Gasteiger partial charge in [-0.3, -0.25) is 9.59 Å². The standard InChI is InChI=1S/C24H25N3O5S2/c28-22(16-21-11-12-24(33-21)34(30,31)27-13-4-5-14-27)26-19-9-6-10-20(15-19)32-17-23(29)25-18-7-2-1-3-8-18/h1-3,6-12,15H,4-5,13-14,16-17H2,(H,25,29)(H,26,28). The second-order valence-electron chi connectivity index (χ2n) is 7.79. The number of carbonyl (C=O) groups excluding carboxylic acids is 2. The molecule has 4 rings (SSSR count). The number of carbonyl (C=O) groups is 2. The number of para-hydroxylation sites is 1. The van der Waals surface area contributed by atoms with Crippen LogP contribution in [0.2, 0.25) is 0 Å². The molecule has 1 aliphatic heterocycles. The number of amides is 2. The Balaban J connectivity index is 1.29. The number of sulfonamides is 1.